The first kappa shape index (κ1) is 13.3. The van der Waals surface area contributed by atoms with Crippen LogP contribution in [0, 0.1) is 13.8 Å². The van der Waals surface area contributed by atoms with Crippen molar-refractivity contribution in [3.05, 3.63) is 37.9 Å². The van der Waals surface area contributed by atoms with Crippen LogP contribution < -0.4 is 5.32 Å². The van der Waals surface area contributed by atoms with Crippen molar-refractivity contribution in [2.45, 2.75) is 13.8 Å². The zero-order valence-corrected chi connectivity index (χ0v) is 11.9. The molecule has 0 unspecified atom stereocenters. The fourth-order valence-electron chi connectivity index (χ4n) is 1.32. The average molecular weight is 302 g/mol. The second-order valence-electron chi connectivity index (χ2n) is 3.65. The minimum absolute atomic E-state index is 0.00339. The van der Waals surface area contributed by atoms with Crippen LogP contribution in [0.15, 0.2) is 12.1 Å². The molecular weight excluding hydrogens is 293 g/mol. The van der Waals surface area contributed by atoms with Crippen molar-refractivity contribution < 1.29 is 4.79 Å². The summed E-state index contributed by atoms with van der Waals surface area (Å²) in [5.41, 5.74) is 1.09. The summed E-state index contributed by atoms with van der Waals surface area (Å²) >= 11 is 12.8. The third kappa shape index (κ3) is 2.98. The summed E-state index contributed by atoms with van der Waals surface area (Å²) in [6.07, 6.45) is 0. The van der Waals surface area contributed by atoms with Crippen molar-refractivity contribution in [2.24, 2.45) is 0 Å². The summed E-state index contributed by atoms with van der Waals surface area (Å²) in [5.74, 6) is 0.0516. The number of hydrogen-bond acceptors (Lipinski definition) is 4. The minimum atomic E-state index is -0.234. The lowest BCUT2D eigenvalue weighted by atomic mass is 10.3. The number of anilines is 1. The topological polar surface area (TPSA) is 54.9 Å². The van der Waals surface area contributed by atoms with E-state index in [-0.39, 0.29) is 22.2 Å². The van der Waals surface area contributed by atoms with E-state index in [0.29, 0.717) is 4.88 Å². The molecule has 0 aliphatic rings. The summed E-state index contributed by atoms with van der Waals surface area (Å²) in [6.45, 7) is 3.93. The van der Waals surface area contributed by atoms with Crippen LogP contribution in [0.4, 0.5) is 5.82 Å². The van der Waals surface area contributed by atoms with Crippen molar-refractivity contribution in [2.75, 3.05) is 5.32 Å². The number of amides is 1. The Bertz CT molecular complexity index is 573. The van der Waals surface area contributed by atoms with Crippen molar-refractivity contribution in [1.29, 1.82) is 0 Å². The largest absolute Gasteiger partial charge is 0.306 e. The Balaban J connectivity index is 2.21. The molecule has 0 fully saturated rings. The van der Waals surface area contributed by atoms with Gasteiger partial charge in [0.15, 0.2) is 0 Å². The molecular formula is C11H9Cl2N3OS. The number of aryl methyl sites for hydroxylation is 2. The Labute approximate surface area is 118 Å². The van der Waals surface area contributed by atoms with Crippen LogP contribution in [0.3, 0.4) is 0 Å². The summed E-state index contributed by atoms with van der Waals surface area (Å²) in [6, 6.07) is 3.28. The number of hydrogen-bond donors (Lipinski definition) is 1. The fourth-order valence-corrected chi connectivity index (χ4v) is 2.65. The van der Waals surface area contributed by atoms with Gasteiger partial charge in [0, 0.05) is 10.9 Å². The number of rotatable bonds is 2. The average Bonchev–Trinajstić information content (AvgIpc) is 2.57. The van der Waals surface area contributed by atoms with Gasteiger partial charge in [-0.05, 0) is 37.1 Å². The van der Waals surface area contributed by atoms with E-state index in [9.17, 15) is 4.79 Å². The molecule has 0 aliphatic carbocycles. The van der Waals surface area contributed by atoms with Gasteiger partial charge in [0.05, 0.1) is 4.88 Å². The van der Waals surface area contributed by atoms with Gasteiger partial charge in [-0.1, -0.05) is 11.6 Å². The molecule has 4 nitrogen and oxygen atoms in total. The highest BCUT2D eigenvalue weighted by Crippen LogP contribution is 2.22. The van der Waals surface area contributed by atoms with Gasteiger partial charge in [0.1, 0.15) is 11.0 Å². The number of carbonyl (C=O) groups is 1. The molecule has 0 aromatic carbocycles. The van der Waals surface area contributed by atoms with E-state index in [2.05, 4.69) is 15.3 Å². The van der Waals surface area contributed by atoms with Crippen molar-refractivity contribution in [1.82, 2.24) is 9.97 Å². The molecule has 18 heavy (non-hydrogen) atoms. The maximum Gasteiger partial charge on any atom is 0.266 e. The molecule has 0 spiro atoms. The Morgan fingerprint density at radius 1 is 1.28 bits per heavy atom. The Hall–Kier alpha value is -1.17. The Morgan fingerprint density at radius 2 is 2.00 bits per heavy atom. The second-order valence-corrected chi connectivity index (χ2v) is 5.63. The zero-order chi connectivity index (χ0) is 13.3. The number of aromatic nitrogens is 2. The molecule has 0 radical (unpaired) electrons. The lowest BCUT2D eigenvalue weighted by Gasteiger charge is -2.02. The number of nitrogens with zero attached hydrogens (tertiary/aromatic N) is 2. The van der Waals surface area contributed by atoms with E-state index >= 15 is 0 Å². The van der Waals surface area contributed by atoms with E-state index in [1.165, 1.54) is 17.4 Å². The maximum atomic E-state index is 12.0. The molecule has 2 aromatic heterocycles. The molecule has 0 saturated heterocycles. The van der Waals surface area contributed by atoms with Crippen molar-refractivity contribution in [3.63, 3.8) is 0 Å². The van der Waals surface area contributed by atoms with Crippen LogP contribution >= 0.6 is 34.5 Å². The SMILES string of the molecule is Cc1cc(C(=O)Nc2cc(Cl)nc(Cl)n2)sc1C. The first-order chi connectivity index (χ1) is 8.45. The third-order valence-electron chi connectivity index (χ3n) is 2.30. The smallest absolute Gasteiger partial charge is 0.266 e. The van der Waals surface area contributed by atoms with Crippen LogP contribution in [-0.2, 0) is 0 Å². The summed E-state index contributed by atoms with van der Waals surface area (Å²) in [4.78, 5) is 21.3. The summed E-state index contributed by atoms with van der Waals surface area (Å²) < 4.78 is 0. The monoisotopic (exact) mass is 301 g/mol. The number of carbonyl (C=O) groups excluding carboxylic acids is 1. The molecule has 1 N–H and O–H groups in total. The predicted molar refractivity (Wildman–Crippen MR) is 73.8 cm³/mol. The van der Waals surface area contributed by atoms with Gasteiger partial charge in [0.25, 0.3) is 5.91 Å². The molecule has 94 valence electrons. The van der Waals surface area contributed by atoms with Crippen LogP contribution in [0.25, 0.3) is 0 Å². The summed E-state index contributed by atoms with van der Waals surface area (Å²) in [5, 5.41) is 2.81. The van der Waals surface area contributed by atoms with Gasteiger partial charge < -0.3 is 5.32 Å². The van der Waals surface area contributed by atoms with E-state index in [1.54, 1.807) is 0 Å². The van der Waals surface area contributed by atoms with Crippen LogP contribution in [-0.4, -0.2) is 15.9 Å². The molecule has 0 saturated carbocycles. The number of halogens is 2. The first-order valence-electron chi connectivity index (χ1n) is 5.04. The molecule has 1 amide bonds. The lowest BCUT2D eigenvalue weighted by Crippen LogP contribution is -2.11. The predicted octanol–water partition coefficient (Wildman–Crippen LogP) is 3.71. The number of thiophene rings is 1. The summed E-state index contributed by atoms with van der Waals surface area (Å²) in [7, 11) is 0. The third-order valence-corrected chi connectivity index (χ3v) is 3.81. The Morgan fingerprint density at radius 3 is 2.56 bits per heavy atom. The van der Waals surface area contributed by atoms with E-state index in [0.717, 1.165) is 10.4 Å². The molecule has 7 heteroatoms. The van der Waals surface area contributed by atoms with Crippen LogP contribution in [0.2, 0.25) is 10.4 Å². The Kier molecular flexibility index (Phi) is 3.85. The highest BCUT2D eigenvalue weighted by molar-refractivity contribution is 7.14. The fraction of sp³-hybridized carbons (Fsp3) is 0.182. The van der Waals surface area contributed by atoms with Gasteiger partial charge in [-0.15, -0.1) is 11.3 Å². The van der Waals surface area contributed by atoms with Crippen molar-refractivity contribution in [3.8, 4) is 0 Å². The van der Waals surface area contributed by atoms with E-state index in [1.807, 2.05) is 19.9 Å². The second kappa shape index (κ2) is 5.22. The van der Waals surface area contributed by atoms with Gasteiger partial charge in [0.2, 0.25) is 5.28 Å². The van der Waals surface area contributed by atoms with Crippen LogP contribution in [0.1, 0.15) is 20.1 Å². The molecule has 0 atom stereocenters. The first-order valence-corrected chi connectivity index (χ1v) is 6.61. The van der Waals surface area contributed by atoms with Gasteiger partial charge in [-0.2, -0.15) is 0 Å². The standard InChI is InChI=1S/C11H9Cl2N3OS/c1-5-3-7(18-6(5)2)10(17)15-9-4-8(12)14-11(13)16-9/h3-4H,1-2H3,(H,14,15,16,17). The highest BCUT2D eigenvalue weighted by Gasteiger charge is 2.12. The minimum Gasteiger partial charge on any atom is -0.306 e. The maximum absolute atomic E-state index is 12.0. The molecule has 0 bridgehead atoms. The molecule has 2 heterocycles. The quantitative estimate of drug-likeness (QED) is 0.679. The van der Waals surface area contributed by atoms with Gasteiger partial charge in [-0.25, -0.2) is 9.97 Å². The zero-order valence-electron chi connectivity index (χ0n) is 9.62. The van der Waals surface area contributed by atoms with Gasteiger partial charge in [-0.3, -0.25) is 4.79 Å². The van der Waals surface area contributed by atoms with E-state index in [4.69, 9.17) is 23.2 Å². The van der Waals surface area contributed by atoms with Crippen LogP contribution in [0.5, 0.6) is 0 Å². The normalized spacial score (nSPS) is 10.4. The van der Waals surface area contributed by atoms with Crippen molar-refractivity contribution >= 4 is 46.3 Å². The molecule has 2 aromatic rings. The molecule has 0 aliphatic heterocycles. The van der Waals surface area contributed by atoms with Gasteiger partial charge >= 0.3 is 0 Å². The number of nitrogens with one attached hydrogen (secondary N) is 1. The van der Waals surface area contributed by atoms with E-state index < -0.39 is 0 Å². The molecule has 2 rings (SSSR count). The highest BCUT2D eigenvalue weighted by atomic mass is 35.5. The lowest BCUT2D eigenvalue weighted by molar-refractivity contribution is 0.103.